The maximum Gasteiger partial charge on any atom is 0.211 e. The molecular formula is C13H16N2O. The zero-order valence-electron chi connectivity index (χ0n) is 9.42. The maximum absolute atomic E-state index is 10.4. The Labute approximate surface area is 95.6 Å². The van der Waals surface area contributed by atoms with Gasteiger partial charge in [-0.2, -0.15) is 0 Å². The van der Waals surface area contributed by atoms with E-state index in [4.69, 9.17) is 0 Å². The Bertz CT molecular complexity index is 424. The van der Waals surface area contributed by atoms with Crippen LogP contribution in [-0.2, 0) is 17.6 Å². The monoisotopic (exact) mass is 216 g/mol. The molecule has 0 unspecified atom stereocenters. The highest BCUT2D eigenvalue weighted by Crippen LogP contribution is 2.24. The molecule has 0 atom stereocenters. The molecule has 0 radical (unpaired) electrons. The number of hydrogen-bond acceptors (Lipinski definition) is 2. The van der Waals surface area contributed by atoms with Gasteiger partial charge in [0.05, 0.1) is 0 Å². The fourth-order valence-corrected chi connectivity index (χ4v) is 1.97. The van der Waals surface area contributed by atoms with Crippen molar-refractivity contribution in [2.24, 2.45) is 0 Å². The van der Waals surface area contributed by atoms with Crippen LogP contribution in [0.1, 0.15) is 24.5 Å². The molecule has 2 rings (SSSR count). The molecule has 1 aliphatic heterocycles. The highest BCUT2D eigenvalue weighted by molar-refractivity contribution is 5.61. The largest absolute Gasteiger partial charge is 0.360 e. The van der Waals surface area contributed by atoms with E-state index in [1.54, 1.807) is 0 Å². The Kier molecular flexibility index (Phi) is 3.25. The number of allylic oxidation sites excluding steroid dienone is 1. The molecule has 1 aromatic carbocycles. The van der Waals surface area contributed by atoms with Crippen molar-refractivity contribution in [2.45, 2.75) is 26.2 Å². The Morgan fingerprint density at radius 1 is 1.50 bits per heavy atom. The van der Waals surface area contributed by atoms with Crippen molar-refractivity contribution in [3.63, 3.8) is 0 Å². The summed E-state index contributed by atoms with van der Waals surface area (Å²) >= 11 is 0. The van der Waals surface area contributed by atoms with Crippen LogP contribution in [-0.4, -0.2) is 6.41 Å². The van der Waals surface area contributed by atoms with Crippen LogP contribution in [0, 0.1) is 0 Å². The molecule has 0 aromatic heterocycles. The minimum atomic E-state index is 0.717. The van der Waals surface area contributed by atoms with Crippen molar-refractivity contribution >= 4 is 12.1 Å². The van der Waals surface area contributed by atoms with E-state index in [0.29, 0.717) is 6.41 Å². The number of anilines is 1. The summed E-state index contributed by atoms with van der Waals surface area (Å²) in [7, 11) is 0. The summed E-state index contributed by atoms with van der Waals surface area (Å²) in [6.07, 6.45) is 5.61. The van der Waals surface area contributed by atoms with E-state index in [-0.39, 0.29) is 0 Å². The van der Waals surface area contributed by atoms with Crippen molar-refractivity contribution in [3.8, 4) is 0 Å². The quantitative estimate of drug-likeness (QED) is 0.757. The van der Waals surface area contributed by atoms with Gasteiger partial charge in [0.2, 0.25) is 6.41 Å². The predicted molar refractivity (Wildman–Crippen MR) is 65.0 cm³/mol. The minimum absolute atomic E-state index is 0.717. The van der Waals surface area contributed by atoms with Crippen LogP contribution < -0.4 is 10.6 Å². The van der Waals surface area contributed by atoms with Crippen LogP contribution in [0.15, 0.2) is 30.1 Å². The van der Waals surface area contributed by atoms with Gasteiger partial charge in [0.1, 0.15) is 0 Å². The van der Waals surface area contributed by atoms with E-state index in [1.165, 1.54) is 11.1 Å². The maximum atomic E-state index is 10.4. The molecule has 0 saturated heterocycles. The topological polar surface area (TPSA) is 41.1 Å². The fraction of sp³-hybridized carbons (Fsp3) is 0.308. The third kappa shape index (κ3) is 2.24. The number of benzene rings is 1. The van der Waals surface area contributed by atoms with Crippen molar-refractivity contribution in [3.05, 3.63) is 41.2 Å². The molecular weight excluding hydrogens is 200 g/mol. The zero-order valence-corrected chi connectivity index (χ0v) is 9.42. The van der Waals surface area contributed by atoms with Crippen molar-refractivity contribution in [1.82, 2.24) is 5.32 Å². The Morgan fingerprint density at radius 3 is 3.12 bits per heavy atom. The Morgan fingerprint density at radius 2 is 2.38 bits per heavy atom. The first kappa shape index (κ1) is 10.7. The molecule has 0 saturated carbocycles. The average Bonchev–Trinajstić information content (AvgIpc) is 2.29. The lowest BCUT2D eigenvalue weighted by Gasteiger charge is -2.18. The van der Waals surface area contributed by atoms with Crippen LogP contribution in [0.3, 0.4) is 0 Å². The highest BCUT2D eigenvalue weighted by atomic mass is 16.1. The molecule has 2 N–H and O–H groups in total. The van der Waals surface area contributed by atoms with Crippen LogP contribution in [0.5, 0.6) is 0 Å². The summed E-state index contributed by atoms with van der Waals surface area (Å²) in [6.45, 7) is 2.18. The molecule has 3 nitrogen and oxygen atoms in total. The summed E-state index contributed by atoms with van der Waals surface area (Å²) < 4.78 is 0. The number of hydrogen-bond donors (Lipinski definition) is 2. The molecule has 1 aromatic rings. The number of aryl methyl sites for hydroxylation is 1. The van der Waals surface area contributed by atoms with Gasteiger partial charge in [-0.1, -0.05) is 25.5 Å². The van der Waals surface area contributed by atoms with Crippen LogP contribution in [0.2, 0.25) is 0 Å². The first-order chi connectivity index (χ1) is 7.83. The number of nitrogens with one attached hydrogen (secondary N) is 2. The van der Waals surface area contributed by atoms with E-state index in [1.807, 2.05) is 6.20 Å². The van der Waals surface area contributed by atoms with Gasteiger partial charge in [-0.15, -0.1) is 0 Å². The predicted octanol–water partition coefficient (Wildman–Crippen LogP) is 2.19. The summed E-state index contributed by atoms with van der Waals surface area (Å²) in [5.74, 6) is 0. The summed E-state index contributed by atoms with van der Waals surface area (Å²) in [6, 6.07) is 6.47. The number of fused-ring (bicyclic) bond motifs is 1. The van der Waals surface area contributed by atoms with E-state index in [9.17, 15) is 4.79 Å². The summed E-state index contributed by atoms with van der Waals surface area (Å²) in [5, 5.41) is 5.88. The van der Waals surface area contributed by atoms with Gasteiger partial charge in [0, 0.05) is 24.0 Å². The number of rotatable bonds is 4. The van der Waals surface area contributed by atoms with Gasteiger partial charge in [-0.05, 0) is 23.6 Å². The van der Waals surface area contributed by atoms with Crippen LogP contribution in [0.25, 0.3) is 0 Å². The van der Waals surface area contributed by atoms with Gasteiger partial charge in [-0.25, -0.2) is 0 Å². The highest BCUT2D eigenvalue weighted by Gasteiger charge is 2.10. The van der Waals surface area contributed by atoms with Gasteiger partial charge >= 0.3 is 0 Å². The molecule has 0 aliphatic carbocycles. The van der Waals surface area contributed by atoms with Gasteiger partial charge in [-0.3, -0.25) is 4.79 Å². The summed E-state index contributed by atoms with van der Waals surface area (Å²) in [4.78, 5) is 10.4. The number of carbonyl (C=O) groups is 1. The lowest BCUT2D eigenvalue weighted by molar-refractivity contribution is -0.108. The fourth-order valence-electron chi connectivity index (χ4n) is 1.97. The normalized spacial score (nSPS) is 13.4. The molecule has 3 heteroatoms. The second-order valence-electron chi connectivity index (χ2n) is 3.99. The average molecular weight is 216 g/mol. The van der Waals surface area contributed by atoms with Crippen LogP contribution in [0.4, 0.5) is 5.69 Å². The smallest absolute Gasteiger partial charge is 0.211 e. The van der Waals surface area contributed by atoms with Gasteiger partial charge in [0.15, 0.2) is 0 Å². The molecule has 84 valence electrons. The molecule has 16 heavy (non-hydrogen) atoms. The Balaban J connectivity index is 2.19. The molecule has 1 heterocycles. The molecule has 0 fully saturated rings. The van der Waals surface area contributed by atoms with E-state index < -0.39 is 0 Å². The minimum Gasteiger partial charge on any atom is -0.360 e. The van der Waals surface area contributed by atoms with Gasteiger partial charge < -0.3 is 10.6 Å². The first-order valence-electron chi connectivity index (χ1n) is 5.61. The lowest BCUT2D eigenvalue weighted by atomic mass is 10.00. The SMILES string of the molecule is CCCc1ccc2c(c1)CC(NC=O)=CN2. The molecule has 0 bridgehead atoms. The lowest BCUT2D eigenvalue weighted by Crippen LogP contribution is -2.18. The number of amides is 1. The van der Waals surface area contributed by atoms with E-state index in [2.05, 4.69) is 35.8 Å². The molecule has 1 amide bonds. The first-order valence-corrected chi connectivity index (χ1v) is 5.61. The third-order valence-electron chi connectivity index (χ3n) is 2.74. The van der Waals surface area contributed by atoms with Gasteiger partial charge in [0.25, 0.3) is 0 Å². The molecule has 0 spiro atoms. The van der Waals surface area contributed by atoms with E-state index in [0.717, 1.165) is 30.6 Å². The standard InChI is InChI=1S/C13H16N2O/c1-2-3-10-4-5-13-11(6-10)7-12(8-14-13)15-9-16/h4-6,8-9,14H,2-3,7H2,1H3,(H,15,16). The zero-order chi connectivity index (χ0) is 11.4. The second kappa shape index (κ2) is 4.84. The van der Waals surface area contributed by atoms with Crippen molar-refractivity contribution < 1.29 is 4.79 Å². The van der Waals surface area contributed by atoms with Crippen molar-refractivity contribution in [1.29, 1.82) is 0 Å². The third-order valence-corrected chi connectivity index (χ3v) is 2.74. The molecule has 1 aliphatic rings. The van der Waals surface area contributed by atoms with E-state index >= 15 is 0 Å². The second-order valence-corrected chi connectivity index (χ2v) is 3.99. The number of carbonyl (C=O) groups excluding carboxylic acids is 1. The van der Waals surface area contributed by atoms with Crippen molar-refractivity contribution in [2.75, 3.05) is 5.32 Å². The summed E-state index contributed by atoms with van der Waals surface area (Å²) in [5.41, 5.74) is 4.65. The Hall–Kier alpha value is -1.77. The van der Waals surface area contributed by atoms with Crippen LogP contribution >= 0.6 is 0 Å².